The van der Waals surface area contributed by atoms with Crippen LogP contribution in [0.1, 0.15) is 71.1 Å². The number of thioether (sulfide) groups is 1. The van der Waals surface area contributed by atoms with Gasteiger partial charge in [0.05, 0.1) is 0 Å². The molecule has 0 aromatic carbocycles. The Morgan fingerprint density at radius 3 is 1.79 bits per heavy atom. The zero-order chi connectivity index (χ0) is 23.8. The molecule has 33 heavy (non-hydrogen) atoms. The number of unbranched alkanes of at least 4 members (excludes halogenated alkanes) is 9. The van der Waals surface area contributed by atoms with Crippen LogP contribution in [0.2, 0.25) is 0 Å². The third kappa shape index (κ3) is 20.4. The highest BCUT2D eigenvalue weighted by Crippen LogP contribution is 2.23. The van der Waals surface area contributed by atoms with E-state index in [-0.39, 0.29) is 0 Å². The van der Waals surface area contributed by atoms with Gasteiger partial charge in [0.15, 0.2) is 0 Å². The number of rotatable bonds is 24. The number of piperazine rings is 1. The largest absolute Gasteiger partial charge is 0.300 e. The molecule has 0 unspecified atom stereocenters. The van der Waals surface area contributed by atoms with Crippen molar-refractivity contribution in [2.45, 2.75) is 71.1 Å². The second-order valence-electron chi connectivity index (χ2n) is 9.18. The van der Waals surface area contributed by atoms with Gasteiger partial charge in [-0.3, -0.25) is 9.80 Å². The minimum absolute atomic E-state index is 1.14. The Kier molecular flexibility index (Phi) is 25.0. The lowest BCUT2D eigenvalue weighted by atomic mass is 10.1. The summed E-state index contributed by atoms with van der Waals surface area (Å²) >= 11 is 6.25. The lowest BCUT2D eigenvalue weighted by molar-refractivity contribution is 0.125. The first-order valence-corrected chi connectivity index (χ1v) is 19.4. The number of hydrogen-bond donors (Lipinski definition) is 1. The van der Waals surface area contributed by atoms with Crippen molar-refractivity contribution in [2.24, 2.45) is 0 Å². The highest BCUT2D eigenvalue weighted by atomic mass is 33.1. The molecule has 1 aliphatic heterocycles. The Morgan fingerprint density at radius 2 is 1.18 bits per heavy atom. The van der Waals surface area contributed by atoms with Gasteiger partial charge in [0.25, 0.3) is 0 Å². The number of hydrogen-bond acceptors (Lipinski definition) is 8. The van der Waals surface area contributed by atoms with E-state index < -0.39 is 0 Å². The van der Waals surface area contributed by atoms with Crippen LogP contribution in [-0.4, -0.2) is 103 Å². The lowest BCUT2D eigenvalue weighted by Crippen LogP contribution is -2.49. The first kappa shape index (κ1) is 32.7. The van der Waals surface area contributed by atoms with Crippen LogP contribution in [0, 0.1) is 0 Å². The average Bonchev–Trinajstić information content (AvgIpc) is 2.84. The Hall–Kier alpha value is 1.63. The van der Waals surface area contributed by atoms with Gasteiger partial charge in [-0.1, -0.05) is 97.1 Å². The highest BCUT2D eigenvalue weighted by molar-refractivity contribution is 8.76. The zero-order valence-corrected chi connectivity index (χ0v) is 25.8. The quantitative estimate of drug-likeness (QED) is 0.0759. The first-order valence-electron chi connectivity index (χ1n) is 13.5. The normalized spacial score (nSPS) is 15.6. The predicted molar refractivity (Wildman–Crippen MR) is 166 cm³/mol. The van der Waals surface area contributed by atoms with Gasteiger partial charge in [0.2, 0.25) is 0 Å². The molecule has 1 aliphatic rings. The van der Waals surface area contributed by atoms with Gasteiger partial charge in [-0.25, -0.2) is 0 Å². The third-order valence-electron chi connectivity index (χ3n) is 6.46. The topological polar surface area (TPSA) is 9.72 Å². The molecule has 0 aliphatic carbocycles. The summed E-state index contributed by atoms with van der Waals surface area (Å²) in [5.41, 5.74) is 0. The Morgan fingerprint density at radius 1 is 0.636 bits per heavy atom. The molecule has 1 saturated heterocycles. The van der Waals surface area contributed by atoms with Crippen molar-refractivity contribution in [3.63, 3.8) is 0 Å². The van der Waals surface area contributed by atoms with Crippen molar-refractivity contribution in [2.75, 3.05) is 88.2 Å². The Labute approximate surface area is 228 Å². The molecule has 0 bridgehead atoms. The summed E-state index contributed by atoms with van der Waals surface area (Å²) < 4.78 is 0. The molecular formula is C25H53N3S5. The molecular weight excluding hydrogens is 503 g/mol. The fourth-order valence-corrected chi connectivity index (χ4v) is 7.38. The summed E-state index contributed by atoms with van der Waals surface area (Å²) in [6.45, 7) is 13.4. The summed E-state index contributed by atoms with van der Waals surface area (Å²) in [4.78, 5) is 7.96. The van der Waals surface area contributed by atoms with Crippen LogP contribution in [0.3, 0.4) is 0 Å². The molecule has 0 aromatic heterocycles. The maximum absolute atomic E-state index is 4.27. The van der Waals surface area contributed by atoms with Crippen molar-refractivity contribution in [3.05, 3.63) is 0 Å². The summed E-state index contributed by atoms with van der Waals surface area (Å²) in [5.74, 6) is 5.00. The minimum atomic E-state index is 1.14. The molecule has 0 spiro atoms. The van der Waals surface area contributed by atoms with Gasteiger partial charge < -0.3 is 4.90 Å². The molecule has 0 saturated carbocycles. The Balaban J connectivity index is 1.98. The van der Waals surface area contributed by atoms with E-state index in [2.05, 4.69) is 61.1 Å². The van der Waals surface area contributed by atoms with E-state index in [1.165, 1.54) is 140 Å². The fraction of sp³-hybridized carbons (Fsp3) is 1.00. The van der Waals surface area contributed by atoms with E-state index in [1.54, 1.807) is 10.8 Å². The zero-order valence-electron chi connectivity index (χ0n) is 21.7. The molecule has 3 nitrogen and oxygen atoms in total. The maximum atomic E-state index is 4.27. The number of nitrogens with zero attached hydrogens (tertiary/aromatic N) is 3. The Bertz CT molecular complexity index is 398. The first-order chi connectivity index (χ1) is 16.3. The third-order valence-corrected chi connectivity index (χ3v) is 10.4. The van der Waals surface area contributed by atoms with Crippen molar-refractivity contribution in [1.82, 2.24) is 14.7 Å². The van der Waals surface area contributed by atoms with Crippen LogP contribution >= 0.6 is 55.8 Å². The van der Waals surface area contributed by atoms with E-state index in [1.807, 2.05) is 11.8 Å². The highest BCUT2D eigenvalue weighted by Gasteiger charge is 2.17. The summed E-state index contributed by atoms with van der Waals surface area (Å²) in [7, 11) is 5.88. The monoisotopic (exact) mass is 555 g/mol. The van der Waals surface area contributed by atoms with Crippen LogP contribution in [0.25, 0.3) is 0 Å². The van der Waals surface area contributed by atoms with Crippen molar-refractivity contribution in [1.29, 1.82) is 0 Å². The molecule has 0 radical (unpaired) electrons. The standard InChI is InChI=1S/C25H53N3S5/c1-3-4-5-6-7-8-9-10-11-12-22-32-33-25-21-28(19-23-30-2)18-15-26-13-16-27(17-14-26)20-24-31-29/h29H,3-25H2,1-2H3. The number of thiol groups is 1. The van der Waals surface area contributed by atoms with Crippen molar-refractivity contribution >= 4 is 55.8 Å². The molecule has 0 atom stereocenters. The SMILES string of the molecule is CCCCCCCCCCCCSSCCN(CCSC)CCN1CCN(CCSS)CC1. The second-order valence-corrected chi connectivity index (χ2v) is 14.3. The van der Waals surface area contributed by atoms with Crippen molar-refractivity contribution in [3.8, 4) is 0 Å². The molecule has 0 amide bonds. The van der Waals surface area contributed by atoms with Gasteiger partial charge in [-0.15, -0.1) is 11.7 Å². The maximum Gasteiger partial charge on any atom is 0.0165 e. The van der Waals surface area contributed by atoms with E-state index in [0.29, 0.717) is 0 Å². The van der Waals surface area contributed by atoms with Gasteiger partial charge >= 0.3 is 0 Å². The van der Waals surface area contributed by atoms with Crippen LogP contribution < -0.4 is 0 Å². The predicted octanol–water partition coefficient (Wildman–Crippen LogP) is 7.15. The smallest absolute Gasteiger partial charge is 0.0165 e. The average molecular weight is 556 g/mol. The minimum Gasteiger partial charge on any atom is -0.300 e. The van der Waals surface area contributed by atoms with Gasteiger partial charge in [0.1, 0.15) is 0 Å². The van der Waals surface area contributed by atoms with E-state index in [0.717, 1.165) is 5.75 Å². The summed E-state index contributed by atoms with van der Waals surface area (Å²) in [6, 6.07) is 0. The van der Waals surface area contributed by atoms with Crippen LogP contribution in [0.15, 0.2) is 0 Å². The van der Waals surface area contributed by atoms with Gasteiger partial charge in [-0.2, -0.15) is 11.8 Å². The van der Waals surface area contributed by atoms with Crippen LogP contribution in [0.5, 0.6) is 0 Å². The molecule has 1 rings (SSSR count). The van der Waals surface area contributed by atoms with E-state index >= 15 is 0 Å². The van der Waals surface area contributed by atoms with Crippen LogP contribution in [0.4, 0.5) is 0 Å². The molecule has 1 heterocycles. The van der Waals surface area contributed by atoms with Gasteiger partial charge in [0, 0.05) is 81.9 Å². The van der Waals surface area contributed by atoms with Gasteiger partial charge in [-0.05, 0) is 12.7 Å². The molecule has 198 valence electrons. The fourth-order valence-electron chi connectivity index (χ4n) is 4.18. The molecule has 8 heteroatoms. The lowest BCUT2D eigenvalue weighted by Gasteiger charge is -2.35. The van der Waals surface area contributed by atoms with Crippen molar-refractivity contribution < 1.29 is 0 Å². The van der Waals surface area contributed by atoms with E-state index in [4.69, 9.17) is 0 Å². The molecule has 1 fully saturated rings. The molecule has 0 aromatic rings. The summed E-state index contributed by atoms with van der Waals surface area (Å²) in [6.07, 6.45) is 16.6. The van der Waals surface area contributed by atoms with Crippen LogP contribution in [-0.2, 0) is 0 Å². The summed E-state index contributed by atoms with van der Waals surface area (Å²) in [5, 5.41) is 0. The van der Waals surface area contributed by atoms with E-state index in [9.17, 15) is 0 Å². The molecule has 0 N–H and O–H groups in total. The second kappa shape index (κ2) is 25.3.